The molecule has 4 atom stereocenters. The molecule has 0 spiro atoms. The quantitative estimate of drug-likeness (QED) is 0.730. The maximum Gasteiger partial charge on any atom is 0.428 e. The Bertz CT molecular complexity index is 618. The third kappa shape index (κ3) is 2.90. The van der Waals surface area contributed by atoms with Gasteiger partial charge in [-0.15, -0.1) is 0 Å². The summed E-state index contributed by atoms with van der Waals surface area (Å²) in [5.74, 6) is -2.62. The number of ether oxygens (including phenoxy) is 1. The third-order valence-corrected chi connectivity index (χ3v) is 6.76. The van der Waals surface area contributed by atoms with E-state index in [0.29, 0.717) is 0 Å². The zero-order valence-electron chi connectivity index (χ0n) is 13.3. The molecule has 2 bridgehead atoms. The van der Waals surface area contributed by atoms with E-state index in [0.717, 1.165) is 5.41 Å². The summed E-state index contributed by atoms with van der Waals surface area (Å²) in [4.78, 5) is 12.0. The minimum absolute atomic E-state index is 0.0919. The predicted octanol–water partition coefficient (Wildman–Crippen LogP) is 3.23. The Labute approximate surface area is 134 Å². The summed E-state index contributed by atoms with van der Waals surface area (Å²) < 4.78 is 69.9. The molecule has 4 unspecified atom stereocenters. The molecule has 0 radical (unpaired) electrons. The Morgan fingerprint density at radius 1 is 1.26 bits per heavy atom. The first kappa shape index (κ1) is 18.3. The van der Waals surface area contributed by atoms with E-state index in [2.05, 4.69) is 6.58 Å². The first-order valence-corrected chi connectivity index (χ1v) is 9.02. The van der Waals surface area contributed by atoms with E-state index < -0.39 is 56.5 Å². The van der Waals surface area contributed by atoms with Gasteiger partial charge in [-0.3, -0.25) is 4.79 Å². The highest BCUT2D eigenvalue weighted by Crippen LogP contribution is 2.60. The SMILES string of the molecule is C=CS(=O)(=O)C1CC2CC1CC2(OC(=O)C(C)(C)C)C(F)(F)F. The number of alkyl halides is 3. The van der Waals surface area contributed by atoms with Crippen LogP contribution in [0.2, 0.25) is 0 Å². The number of esters is 1. The van der Waals surface area contributed by atoms with Crippen LogP contribution >= 0.6 is 0 Å². The van der Waals surface area contributed by atoms with Crippen LogP contribution in [0.15, 0.2) is 12.0 Å². The molecule has 2 aliphatic carbocycles. The standard InChI is InChI=1S/C15H21F3O4S/c1-5-23(20,21)11-7-10-6-9(11)8-14(10,15(16,17)18)22-12(19)13(2,3)4/h5,9-11H,1,6-8H2,2-4H3. The van der Waals surface area contributed by atoms with Gasteiger partial charge in [0.15, 0.2) is 9.84 Å². The maximum atomic E-state index is 13.7. The summed E-state index contributed by atoms with van der Waals surface area (Å²) in [5, 5.41) is -0.0664. The van der Waals surface area contributed by atoms with Gasteiger partial charge in [0, 0.05) is 17.7 Å². The maximum absolute atomic E-state index is 13.7. The first-order valence-electron chi connectivity index (χ1n) is 7.41. The normalized spacial score (nSPS) is 34.4. The Morgan fingerprint density at radius 3 is 2.17 bits per heavy atom. The van der Waals surface area contributed by atoms with Gasteiger partial charge in [-0.1, -0.05) is 6.58 Å². The summed E-state index contributed by atoms with van der Waals surface area (Å²) in [6, 6.07) is 0. The molecule has 2 aliphatic rings. The largest absolute Gasteiger partial charge is 0.449 e. The van der Waals surface area contributed by atoms with Crippen molar-refractivity contribution >= 4 is 15.8 Å². The van der Waals surface area contributed by atoms with Gasteiger partial charge < -0.3 is 4.74 Å². The van der Waals surface area contributed by atoms with Gasteiger partial charge in [0.05, 0.1) is 10.7 Å². The molecule has 0 N–H and O–H groups in total. The number of hydrogen-bond donors (Lipinski definition) is 0. The van der Waals surface area contributed by atoms with Crippen molar-refractivity contribution < 1.29 is 31.1 Å². The molecule has 8 heteroatoms. The fourth-order valence-corrected chi connectivity index (χ4v) is 5.10. The third-order valence-electron chi connectivity index (χ3n) is 4.88. The van der Waals surface area contributed by atoms with Gasteiger partial charge in [0.1, 0.15) is 0 Å². The van der Waals surface area contributed by atoms with Crippen LogP contribution in [0.25, 0.3) is 0 Å². The molecule has 0 heterocycles. The van der Waals surface area contributed by atoms with Crippen LogP contribution in [0.3, 0.4) is 0 Å². The molecular weight excluding hydrogens is 333 g/mol. The molecule has 23 heavy (non-hydrogen) atoms. The van der Waals surface area contributed by atoms with E-state index >= 15 is 0 Å². The average Bonchev–Trinajstić information content (AvgIpc) is 2.95. The van der Waals surface area contributed by atoms with Gasteiger partial charge >= 0.3 is 12.1 Å². The van der Waals surface area contributed by atoms with Crippen molar-refractivity contribution in [2.24, 2.45) is 17.3 Å². The minimum atomic E-state index is -4.73. The zero-order valence-corrected chi connectivity index (χ0v) is 14.1. The second kappa shape index (κ2) is 5.22. The van der Waals surface area contributed by atoms with Gasteiger partial charge in [0.25, 0.3) is 0 Å². The van der Waals surface area contributed by atoms with Crippen LogP contribution in [0, 0.1) is 17.3 Å². The summed E-state index contributed by atoms with van der Waals surface area (Å²) in [6.07, 6.45) is -5.29. The van der Waals surface area contributed by atoms with E-state index in [1.807, 2.05) is 0 Å². The first-order chi connectivity index (χ1) is 10.2. The van der Waals surface area contributed by atoms with Crippen LogP contribution in [0.5, 0.6) is 0 Å². The number of halogens is 3. The fraction of sp³-hybridized carbons (Fsp3) is 0.800. The molecule has 2 saturated carbocycles. The lowest BCUT2D eigenvalue weighted by Crippen LogP contribution is -2.56. The Kier molecular flexibility index (Phi) is 4.15. The lowest BCUT2D eigenvalue weighted by Gasteiger charge is -2.41. The van der Waals surface area contributed by atoms with E-state index in [4.69, 9.17) is 4.74 Å². The Balaban J connectivity index is 2.33. The van der Waals surface area contributed by atoms with E-state index in [1.165, 1.54) is 20.8 Å². The number of fused-ring (bicyclic) bond motifs is 2. The summed E-state index contributed by atoms with van der Waals surface area (Å²) in [6.45, 7) is 7.68. The zero-order chi connectivity index (χ0) is 17.8. The van der Waals surface area contributed by atoms with Gasteiger partial charge in [0.2, 0.25) is 5.60 Å². The molecule has 2 rings (SSSR count). The molecule has 0 saturated heterocycles. The molecular formula is C15H21F3O4S. The van der Waals surface area contributed by atoms with Gasteiger partial charge in [-0.25, -0.2) is 8.42 Å². The van der Waals surface area contributed by atoms with Crippen molar-refractivity contribution in [1.82, 2.24) is 0 Å². The smallest absolute Gasteiger partial charge is 0.428 e. The fourth-order valence-electron chi connectivity index (χ4n) is 3.61. The second-order valence-electron chi connectivity index (χ2n) is 7.45. The number of sulfone groups is 1. The molecule has 0 amide bonds. The lowest BCUT2D eigenvalue weighted by molar-refractivity contribution is -0.288. The lowest BCUT2D eigenvalue weighted by atomic mass is 9.82. The van der Waals surface area contributed by atoms with Crippen molar-refractivity contribution in [3.8, 4) is 0 Å². The topological polar surface area (TPSA) is 60.4 Å². The number of rotatable bonds is 3. The predicted molar refractivity (Wildman–Crippen MR) is 78.1 cm³/mol. The highest BCUT2D eigenvalue weighted by Gasteiger charge is 2.71. The second-order valence-corrected chi connectivity index (χ2v) is 9.57. The molecule has 0 aliphatic heterocycles. The van der Waals surface area contributed by atoms with E-state index in [9.17, 15) is 26.4 Å². The average molecular weight is 354 g/mol. The van der Waals surface area contributed by atoms with Crippen molar-refractivity contribution in [3.05, 3.63) is 12.0 Å². The Morgan fingerprint density at radius 2 is 1.83 bits per heavy atom. The summed E-state index contributed by atoms with van der Waals surface area (Å²) in [7, 11) is -3.63. The van der Waals surface area contributed by atoms with Crippen LogP contribution in [-0.2, 0) is 19.4 Å². The highest BCUT2D eigenvalue weighted by molar-refractivity contribution is 7.94. The number of hydrogen-bond acceptors (Lipinski definition) is 4. The highest BCUT2D eigenvalue weighted by atomic mass is 32.2. The number of carbonyl (C=O) groups excluding carboxylic acids is 1. The van der Waals surface area contributed by atoms with Crippen LogP contribution < -0.4 is 0 Å². The van der Waals surface area contributed by atoms with Crippen LogP contribution in [0.1, 0.15) is 40.0 Å². The summed E-state index contributed by atoms with van der Waals surface area (Å²) >= 11 is 0. The summed E-state index contributed by atoms with van der Waals surface area (Å²) in [5.41, 5.74) is -3.64. The molecule has 2 fully saturated rings. The van der Waals surface area contributed by atoms with Gasteiger partial charge in [-0.2, -0.15) is 13.2 Å². The van der Waals surface area contributed by atoms with E-state index in [1.54, 1.807) is 0 Å². The Hall–Kier alpha value is -1.05. The minimum Gasteiger partial charge on any atom is -0.449 e. The van der Waals surface area contributed by atoms with Crippen molar-refractivity contribution in [2.45, 2.75) is 57.1 Å². The molecule has 0 aromatic rings. The van der Waals surface area contributed by atoms with Crippen LogP contribution in [-0.4, -0.2) is 31.4 Å². The molecule has 132 valence electrons. The van der Waals surface area contributed by atoms with Crippen molar-refractivity contribution in [2.75, 3.05) is 0 Å². The van der Waals surface area contributed by atoms with Crippen molar-refractivity contribution in [3.63, 3.8) is 0 Å². The van der Waals surface area contributed by atoms with Crippen molar-refractivity contribution in [1.29, 1.82) is 0 Å². The number of carbonyl (C=O) groups is 1. The molecule has 0 aromatic heterocycles. The van der Waals surface area contributed by atoms with Crippen LogP contribution in [0.4, 0.5) is 13.2 Å². The molecule has 0 aromatic carbocycles. The van der Waals surface area contributed by atoms with Gasteiger partial charge in [-0.05, 0) is 39.5 Å². The molecule has 4 nitrogen and oxygen atoms in total. The monoisotopic (exact) mass is 354 g/mol. The van der Waals surface area contributed by atoms with E-state index in [-0.39, 0.29) is 12.8 Å².